The van der Waals surface area contributed by atoms with Crippen molar-refractivity contribution in [1.82, 2.24) is 0 Å². The number of rotatable bonds is 4. The smallest absolute Gasteiger partial charge is 0.335 e. The van der Waals surface area contributed by atoms with E-state index in [-0.39, 0.29) is 0 Å². The minimum absolute atomic E-state index is 0.340. The average molecular weight is 209 g/mol. The molecule has 0 bridgehead atoms. The second-order valence-corrected chi connectivity index (χ2v) is 3.52. The largest absolute Gasteiger partial charge is 0.478 e. The zero-order chi connectivity index (χ0) is 11.4. The Morgan fingerprint density at radius 3 is 2.60 bits per heavy atom. The zero-order valence-corrected chi connectivity index (χ0v) is 8.91. The first kappa shape index (κ1) is 11.7. The van der Waals surface area contributed by atoms with E-state index in [1.165, 1.54) is 0 Å². The summed E-state index contributed by atoms with van der Waals surface area (Å²) in [7, 11) is 0. The van der Waals surface area contributed by atoms with Crippen LogP contribution in [0, 0.1) is 13.8 Å². The van der Waals surface area contributed by atoms with Crippen LogP contribution in [-0.4, -0.2) is 17.7 Å². The molecular weight excluding hydrogens is 194 g/mol. The maximum Gasteiger partial charge on any atom is 0.335 e. The van der Waals surface area contributed by atoms with Crippen LogP contribution in [0.5, 0.6) is 0 Å². The van der Waals surface area contributed by atoms with Gasteiger partial charge >= 0.3 is 5.97 Å². The van der Waals surface area contributed by atoms with Gasteiger partial charge in [-0.2, -0.15) is 0 Å². The van der Waals surface area contributed by atoms with Gasteiger partial charge in [-0.1, -0.05) is 6.07 Å². The predicted molar refractivity (Wildman–Crippen MR) is 56.7 cm³/mol. The monoisotopic (exact) mass is 209 g/mol. The maximum absolute atomic E-state index is 10.9. The highest BCUT2D eigenvalue weighted by atomic mass is 16.6. The molecule has 82 valence electrons. The Balaban J connectivity index is 3.06. The van der Waals surface area contributed by atoms with Crippen molar-refractivity contribution in [1.29, 1.82) is 0 Å². The Kier molecular flexibility index (Phi) is 3.82. The molecule has 0 aliphatic heterocycles. The SMILES string of the molecule is Cc1cc(C)c(C(=O)O)cc1CCON. The van der Waals surface area contributed by atoms with Gasteiger partial charge in [-0.25, -0.2) is 10.7 Å². The number of aromatic carboxylic acids is 1. The average Bonchev–Trinajstić information content (AvgIpc) is 2.16. The number of carboxylic acid groups (broad SMARTS) is 1. The van der Waals surface area contributed by atoms with Crippen LogP contribution in [0.3, 0.4) is 0 Å². The highest BCUT2D eigenvalue weighted by Crippen LogP contribution is 2.16. The molecule has 4 heteroatoms. The van der Waals surface area contributed by atoms with Crippen molar-refractivity contribution in [3.05, 3.63) is 34.4 Å². The van der Waals surface area contributed by atoms with E-state index in [2.05, 4.69) is 4.84 Å². The molecule has 0 aliphatic rings. The van der Waals surface area contributed by atoms with Gasteiger partial charge in [-0.3, -0.25) is 0 Å². The van der Waals surface area contributed by atoms with Crippen LogP contribution in [-0.2, 0) is 11.3 Å². The van der Waals surface area contributed by atoms with Gasteiger partial charge < -0.3 is 9.94 Å². The third-order valence-corrected chi connectivity index (χ3v) is 2.40. The first-order valence-electron chi connectivity index (χ1n) is 4.71. The highest BCUT2D eigenvalue weighted by Gasteiger charge is 2.10. The molecule has 0 heterocycles. The molecule has 0 spiro atoms. The number of hydrogen-bond acceptors (Lipinski definition) is 3. The Morgan fingerprint density at radius 1 is 1.40 bits per heavy atom. The molecule has 0 fully saturated rings. The standard InChI is InChI=1S/C11H15NO3/c1-7-5-8(2)10(11(13)14)6-9(7)3-4-15-12/h5-6H,3-4,12H2,1-2H3,(H,13,14). The molecule has 0 radical (unpaired) electrons. The fourth-order valence-corrected chi connectivity index (χ4v) is 1.57. The van der Waals surface area contributed by atoms with Crippen molar-refractivity contribution >= 4 is 5.97 Å². The molecule has 15 heavy (non-hydrogen) atoms. The van der Waals surface area contributed by atoms with Crippen LogP contribution < -0.4 is 5.90 Å². The minimum Gasteiger partial charge on any atom is -0.478 e. The number of hydrogen-bond donors (Lipinski definition) is 2. The topological polar surface area (TPSA) is 72.5 Å². The summed E-state index contributed by atoms with van der Waals surface area (Å²) in [5, 5.41) is 8.95. The third kappa shape index (κ3) is 2.78. The van der Waals surface area contributed by atoms with Crippen molar-refractivity contribution in [3.63, 3.8) is 0 Å². The minimum atomic E-state index is -0.901. The quantitative estimate of drug-likeness (QED) is 0.736. The molecule has 0 saturated carbocycles. The molecule has 0 atom stereocenters. The summed E-state index contributed by atoms with van der Waals surface area (Å²) in [6.45, 7) is 4.13. The molecule has 0 aliphatic carbocycles. The van der Waals surface area contributed by atoms with Crippen LogP contribution >= 0.6 is 0 Å². The van der Waals surface area contributed by atoms with E-state index >= 15 is 0 Å². The van der Waals surface area contributed by atoms with Gasteiger partial charge in [0.25, 0.3) is 0 Å². The first-order chi connectivity index (χ1) is 7.06. The second-order valence-electron chi connectivity index (χ2n) is 3.52. The first-order valence-corrected chi connectivity index (χ1v) is 4.71. The summed E-state index contributed by atoms with van der Waals surface area (Å²) in [5.74, 6) is 4.04. The van der Waals surface area contributed by atoms with E-state index in [9.17, 15) is 4.79 Å². The number of carbonyl (C=O) groups is 1. The van der Waals surface area contributed by atoms with Crippen LogP contribution in [0.15, 0.2) is 12.1 Å². The lowest BCUT2D eigenvalue weighted by Crippen LogP contribution is -2.07. The molecule has 3 N–H and O–H groups in total. The van der Waals surface area contributed by atoms with E-state index in [0.29, 0.717) is 18.6 Å². The van der Waals surface area contributed by atoms with Crippen LogP contribution in [0.4, 0.5) is 0 Å². The van der Waals surface area contributed by atoms with Gasteiger partial charge in [0.2, 0.25) is 0 Å². The van der Waals surface area contributed by atoms with Crippen molar-refractivity contribution < 1.29 is 14.7 Å². The summed E-state index contributed by atoms with van der Waals surface area (Å²) in [4.78, 5) is 15.4. The van der Waals surface area contributed by atoms with E-state index in [1.807, 2.05) is 13.0 Å². The number of nitrogens with two attached hydrogens (primary N) is 1. The Hall–Kier alpha value is -1.39. The maximum atomic E-state index is 10.9. The molecule has 0 unspecified atom stereocenters. The van der Waals surface area contributed by atoms with E-state index in [1.54, 1.807) is 13.0 Å². The lowest BCUT2D eigenvalue weighted by Gasteiger charge is -2.09. The van der Waals surface area contributed by atoms with Gasteiger partial charge in [-0.15, -0.1) is 0 Å². The normalized spacial score (nSPS) is 10.3. The Bertz CT molecular complexity index is 374. The van der Waals surface area contributed by atoms with Crippen molar-refractivity contribution in [2.24, 2.45) is 5.90 Å². The van der Waals surface area contributed by atoms with E-state index < -0.39 is 5.97 Å². The molecule has 1 rings (SSSR count). The van der Waals surface area contributed by atoms with Gasteiger partial charge in [0, 0.05) is 0 Å². The second kappa shape index (κ2) is 4.91. The molecule has 4 nitrogen and oxygen atoms in total. The van der Waals surface area contributed by atoms with Gasteiger partial charge in [-0.05, 0) is 43.0 Å². The highest BCUT2D eigenvalue weighted by molar-refractivity contribution is 5.89. The third-order valence-electron chi connectivity index (χ3n) is 2.40. The van der Waals surface area contributed by atoms with Crippen molar-refractivity contribution in [2.75, 3.05) is 6.61 Å². The van der Waals surface area contributed by atoms with E-state index in [0.717, 1.165) is 16.7 Å². The number of aryl methyl sites for hydroxylation is 2. The summed E-state index contributed by atoms with van der Waals surface area (Å²) in [6, 6.07) is 3.56. The van der Waals surface area contributed by atoms with Crippen LogP contribution in [0.1, 0.15) is 27.0 Å². The molecule has 0 aromatic heterocycles. The fraction of sp³-hybridized carbons (Fsp3) is 0.364. The number of carboxylic acids is 1. The Morgan fingerprint density at radius 2 is 2.07 bits per heavy atom. The van der Waals surface area contributed by atoms with Gasteiger partial charge in [0.05, 0.1) is 12.2 Å². The fourth-order valence-electron chi connectivity index (χ4n) is 1.57. The summed E-state index contributed by atoms with van der Waals surface area (Å²) in [5.41, 5.74) is 3.14. The summed E-state index contributed by atoms with van der Waals surface area (Å²) >= 11 is 0. The van der Waals surface area contributed by atoms with Gasteiger partial charge in [0.1, 0.15) is 0 Å². The van der Waals surface area contributed by atoms with Crippen molar-refractivity contribution in [3.8, 4) is 0 Å². The summed E-state index contributed by atoms with van der Waals surface area (Å²) < 4.78 is 0. The lowest BCUT2D eigenvalue weighted by atomic mass is 9.98. The number of benzene rings is 1. The van der Waals surface area contributed by atoms with Crippen LogP contribution in [0.25, 0.3) is 0 Å². The Labute approximate surface area is 88.6 Å². The zero-order valence-electron chi connectivity index (χ0n) is 8.91. The molecule has 0 amide bonds. The summed E-state index contributed by atoms with van der Waals surface area (Å²) in [6.07, 6.45) is 0.628. The molecule has 1 aromatic rings. The van der Waals surface area contributed by atoms with Crippen LogP contribution in [0.2, 0.25) is 0 Å². The van der Waals surface area contributed by atoms with Gasteiger partial charge in [0.15, 0.2) is 0 Å². The molecular formula is C11H15NO3. The molecule has 0 saturated heterocycles. The predicted octanol–water partition coefficient (Wildman–Crippen LogP) is 1.43. The van der Waals surface area contributed by atoms with Crippen molar-refractivity contribution in [2.45, 2.75) is 20.3 Å². The van der Waals surface area contributed by atoms with E-state index in [4.69, 9.17) is 11.0 Å². The lowest BCUT2D eigenvalue weighted by molar-refractivity contribution is 0.0696. The molecule has 1 aromatic carbocycles.